The highest BCUT2D eigenvalue weighted by Crippen LogP contribution is 2.26. The van der Waals surface area contributed by atoms with Crippen LogP contribution >= 0.6 is 0 Å². The third kappa shape index (κ3) is 2.07. The summed E-state index contributed by atoms with van der Waals surface area (Å²) in [5, 5.41) is 3.21. The highest BCUT2D eigenvalue weighted by atomic mass is 15.0. The van der Waals surface area contributed by atoms with Gasteiger partial charge in [0, 0.05) is 12.0 Å². The second-order valence-electron chi connectivity index (χ2n) is 3.94. The van der Waals surface area contributed by atoms with Crippen LogP contribution in [0, 0.1) is 17.8 Å². The largest absolute Gasteiger partial charge is 0.382 e. The summed E-state index contributed by atoms with van der Waals surface area (Å²) < 4.78 is 0. The molecule has 5 N–H and O–H groups in total. The van der Waals surface area contributed by atoms with Crippen molar-refractivity contribution in [1.82, 2.24) is 15.3 Å². The minimum Gasteiger partial charge on any atom is -0.382 e. The van der Waals surface area contributed by atoms with E-state index in [4.69, 9.17) is 11.5 Å². The summed E-state index contributed by atoms with van der Waals surface area (Å²) in [6.07, 6.45) is 3.50. The van der Waals surface area contributed by atoms with E-state index in [-0.39, 0.29) is 0 Å². The van der Waals surface area contributed by atoms with Crippen LogP contribution < -0.4 is 16.8 Å². The van der Waals surface area contributed by atoms with Gasteiger partial charge in [-0.15, -0.1) is 0 Å². The number of nitrogens with two attached hydrogens (primary N) is 2. The average Bonchev–Trinajstić information content (AvgIpc) is 2.19. The van der Waals surface area contributed by atoms with Crippen LogP contribution in [0.3, 0.4) is 0 Å². The molecule has 0 amide bonds. The first kappa shape index (κ1) is 10.7. The molecule has 1 heterocycles. The minimum atomic E-state index is 0.351. The number of hydrogen-bond acceptors (Lipinski definition) is 5. The quantitative estimate of drug-likeness (QED) is 0.576. The lowest BCUT2D eigenvalue weighted by atomic mass is 9.81. The Bertz CT molecular complexity index is 419. The second kappa shape index (κ2) is 4.37. The van der Waals surface area contributed by atoms with Crippen LogP contribution in [0.2, 0.25) is 0 Å². The van der Waals surface area contributed by atoms with Gasteiger partial charge < -0.3 is 16.8 Å². The van der Waals surface area contributed by atoms with Gasteiger partial charge in [-0.2, -0.15) is 0 Å². The van der Waals surface area contributed by atoms with Crippen LogP contribution in [0.4, 0.5) is 11.6 Å². The summed E-state index contributed by atoms with van der Waals surface area (Å²) in [6, 6.07) is 0.598. The molecular formula is C11H15N5. The summed E-state index contributed by atoms with van der Waals surface area (Å²) in [6.45, 7) is 0. The molecule has 0 spiro atoms. The van der Waals surface area contributed by atoms with Gasteiger partial charge in [0.2, 0.25) is 0 Å². The summed E-state index contributed by atoms with van der Waals surface area (Å²) in [5.74, 6) is 7.26. The second-order valence-corrected chi connectivity index (χ2v) is 3.94. The maximum atomic E-state index is 5.67. The standard InChI is InChI=1S/C11H15N5/c1-14-8-4-7(5-8)2-3-9-10(12)15-6-16-11(9)13/h6-8,14H,4-5H2,1H3,(H4,12,13,15,16). The lowest BCUT2D eigenvalue weighted by Crippen LogP contribution is -2.38. The van der Waals surface area contributed by atoms with Crippen LogP contribution in [-0.2, 0) is 0 Å². The van der Waals surface area contributed by atoms with Gasteiger partial charge in [-0.25, -0.2) is 9.97 Å². The Kier molecular flexibility index (Phi) is 2.93. The third-order valence-corrected chi connectivity index (χ3v) is 2.85. The fraction of sp³-hybridized carbons (Fsp3) is 0.455. The van der Waals surface area contributed by atoms with Gasteiger partial charge >= 0.3 is 0 Å². The van der Waals surface area contributed by atoms with Gasteiger partial charge in [-0.3, -0.25) is 0 Å². The van der Waals surface area contributed by atoms with E-state index < -0.39 is 0 Å². The van der Waals surface area contributed by atoms with E-state index in [9.17, 15) is 0 Å². The fourth-order valence-corrected chi connectivity index (χ4v) is 1.69. The number of nitrogen functional groups attached to an aromatic ring is 2. The molecule has 1 aliphatic carbocycles. The molecule has 0 bridgehead atoms. The molecule has 5 heteroatoms. The number of aromatic nitrogens is 2. The van der Waals surface area contributed by atoms with Gasteiger partial charge in [0.15, 0.2) is 0 Å². The first-order chi connectivity index (χ1) is 7.70. The van der Waals surface area contributed by atoms with Crippen molar-refractivity contribution in [2.75, 3.05) is 18.5 Å². The van der Waals surface area contributed by atoms with E-state index in [1.54, 1.807) is 0 Å². The van der Waals surface area contributed by atoms with E-state index in [1.165, 1.54) is 6.33 Å². The van der Waals surface area contributed by atoms with Crippen molar-refractivity contribution in [3.8, 4) is 11.8 Å². The van der Waals surface area contributed by atoms with E-state index in [2.05, 4.69) is 27.1 Å². The van der Waals surface area contributed by atoms with Gasteiger partial charge in [-0.1, -0.05) is 11.8 Å². The summed E-state index contributed by atoms with van der Waals surface area (Å²) >= 11 is 0. The van der Waals surface area contributed by atoms with Gasteiger partial charge in [0.1, 0.15) is 23.5 Å². The first-order valence-electron chi connectivity index (χ1n) is 5.25. The van der Waals surface area contributed by atoms with Crippen LogP contribution in [0.25, 0.3) is 0 Å². The van der Waals surface area contributed by atoms with Crippen molar-refractivity contribution in [2.24, 2.45) is 5.92 Å². The molecule has 0 atom stereocenters. The van der Waals surface area contributed by atoms with Crippen molar-refractivity contribution in [3.05, 3.63) is 11.9 Å². The Morgan fingerprint density at radius 2 is 1.94 bits per heavy atom. The van der Waals surface area contributed by atoms with E-state index in [1.807, 2.05) is 7.05 Å². The van der Waals surface area contributed by atoms with Crippen LogP contribution in [0.15, 0.2) is 6.33 Å². The Morgan fingerprint density at radius 3 is 2.50 bits per heavy atom. The van der Waals surface area contributed by atoms with Crippen molar-refractivity contribution >= 4 is 11.6 Å². The molecule has 1 aromatic rings. The zero-order valence-corrected chi connectivity index (χ0v) is 9.20. The molecule has 1 fully saturated rings. The average molecular weight is 217 g/mol. The Hall–Kier alpha value is -1.80. The fourth-order valence-electron chi connectivity index (χ4n) is 1.69. The number of nitrogens with zero attached hydrogens (tertiary/aromatic N) is 2. The number of nitrogens with one attached hydrogen (secondary N) is 1. The molecule has 0 aromatic carbocycles. The maximum Gasteiger partial charge on any atom is 0.144 e. The summed E-state index contributed by atoms with van der Waals surface area (Å²) in [4.78, 5) is 7.73. The lowest BCUT2D eigenvalue weighted by Gasteiger charge is -2.31. The summed E-state index contributed by atoms with van der Waals surface area (Å²) in [5.41, 5.74) is 11.9. The normalized spacial score (nSPS) is 23.1. The number of hydrogen-bond donors (Lipinski definition) is 3. The smallest absolute Gasteiger partial charge is 0.144 e. The predicted octanol–water partition coefficient (Wildman–Crippen LogP) is -0.00950. The zero-order valence-electron chi connectivity index (χ0n) is 9.20. The van der Waals surface area contributed by atoms with Crippen molar-refractivity contribution in [1.29, 1.82) is 0 Å². The number of rotatable bonds is 1. The Labute approximate surface area is 94.6 Å². The van der Waals surface area contributed by atoms with Crippen LogP contribution in [0.5, 0.6) is 0 Å². The highest BCUT2D eigenvalue weighted by Gasteiger charge is 2.25. The molecule has 2 rings (SSSR count). The van der Waals surface area contributed by atoms with Crippen molar-refractivity contribution in [2.45, 2.75) is 18.9 Å². The molecule has 1 aromatic heterocycles. The molecule has 0 unspecified atom stereocenters. The maximum absolute atomic E-state index is 5.67. The first-order valence-corrected chi connectivity index (χ1v) is 5.25. The van der Waals surface area contributed by atoms with Crippen molar-refractivity contribution < 1.29 is 0 Å². The molecular weight excluding hydrogens is 202 g/mol. The molecule has 0 radical (unpaired) electrons. The monoisotopic (exact) mass is 217 g/mol. The molecule has 0 saturated heterocycles. The van der Waals surface area contributed by atoms with Crippen LogP contribution in [0.1, 0.15) is 18.4 Å². The van der Waals surface area contributed by atoms with Crippen LogP contribution in [-0.4, -0.2) is 23.1 Å². The Balaban J connectivity index is 2.07. The highest BCUT2D eigenvalue weighted by molar-refractivity contribution is 5.61. The molecule has 84 valence electrons. The van der Waals surface area contributed by atoms with Gasteiger partial charge in [-0.05, 0) is 19.9 Å². The van der Waals surface area contributed by atoms with Gasteiger partial charge in [0.05, 0.1) is 0 Å². The van der Waals surface area contributed by atoms with Crippen molar-refractivity contribution in [3.63, 3.8) is 0 Å². The molecule has 5 nitrogen and oxygen atoms in total. The topological polar surface area (TPSA) is 89.8 Å². The zero-order chi connectivity index (χ0) is 11.5. The van der Waals surface area contributed by atoms with E-state index in [0.717, 1.165) is 12.8 Å². The Morgan fingerprint density at radius 1 is 1.31 bits per heavy atom. The number of anilines is 2. The van der Waals surface area contributed by atoms with E-state index >= 15 is 0 Å². The third-order valence-electron chi connectivity index (χ3n) is 2.85. The predicted molar refractivity (Wildman–Crippen MR) is 63.3 cm³/mol. The molecule has 1 saturated carbocycles. The molecule has 16 heavy (non-hydrogen) atoms. The molecule has 1 aliphatic rings. The summed E-state index contributed by atoms with van der Waals surface area (Å²) in [7, 11) is 1.97. The van der Waals surface area contributed by atoms with E-state index in [0.29, 0.717) is 29.2 Å². The molecule has 0 aliphatic heterocycles. The van der Waals surface area contributed by atoms with Gasteiger partial charge in [0.25, 0.3) is 0 Å². The SMILES string of the molecule is CNC1CC(C#Cc2c(N)ncnc2N)C1. The minimum absolute atomic E-state index is 0.351. The lowest BCUT2D eigenvalue weighted by molar-refractivity contribution is 0.292.